The van der Waals surface area contributed by atoms with E-state index in [2.05, 4.69) is 5.32 Å². The van der Waals surface area contributed by atoms with Crippen molar-refractivity contribution < 1.29 is 22.4 Å². The molecular formula is C23H28Cl2FN3O4S. The standard InChI is InChI=1S/C23H28Cl2FN3O4S/c1-5-20(23(31)27-15(2)3)28(13-16-6-9-18(26)10-7-16)22(30)14-29(34(4,32)33)21-11-8-17(24)12-19(21)25/h6-12,15,20H,5,13-14H2,1-4H3,(H,27,31). The van der Waals surface area contributed by atoms with Crippen LogP contribution in [-0.2, 0) is 26.2 Å². The molecule has 2 rings (SSSR count). The second kappa shape index (κ2) is 11.9. The third-order valence-corrected chi connectivity index (χ3v) is 6.60. The first-order chi connectivity index (χ1) is 15.8. The van der Waals surface area contributed by atoms with Crippen LogP contribution in [0.2, 0.25) is 10.0 Å². The fraction of sp³-hybridized carbons (Fsp3) is 0.391. The molecule has 0 aliphatic heterocycles. The molecule has 7 nitrogen and oxygen atoms in total. The maximum absolute atomic E-state index is 13.5. The number of nitrogens with zero attached hydrogens (tertiary/aromatic N) is 2. The van der Waals surface area contributed by atoms with E-state index in [-0.39, 0.29) is 35.6 Å². The quantitative estimate of drug-likeness (QED) is 0.496. The van der Waals surface area contributed by atoms with E-state index in [0.29, 0.717) is 10.6 Å². The Hall–Kier alpha value is -2.36. The van der Waals surface area contributed by atoms with Gasteiger partial charge < -0.3 is 10.2 Å². The summed E-state index contributed by atoms with van der Waals surface area (Å²) in [5.74, 6) is -1.43. The van der Waals surface area contributed by atoms with Crippen molar-refractivity contribution in [2.24, 2.45) is 0 Å². The highest BCUT2D eigenvalue weighted by Gasteiger charge is 2.32. The highest BCUT2D eigenvalue weighted by Crippen LogP contribution is 2.30. The molecule has 2 amide bonds. The monoisotopic (exact) mass is 531 g/mol. The van der Waals surface area contributed by atoms with Gasteiger partial charge in [0, 0.05) is 17.6 Å². The predicted molar refractivity (Wildman–Crippen MR) is 133 cm³/mol. The van der Waals surface area contributed by atoms with Crippen molar-refractivity contribution in [3.05, 3.63) is 63.9 Å². The Morgan fingerprint density at radius 1 is 1.09 bits per heavy atom. The minimum Gasteiger partial charge on any atom is -0.352 e. The zero-order chi connectivity index (χ0) is 25.6. The van der Waals surface area contributed by atoms with Crippen LogP contribution < -0.4 is 9.62 Å². The maximum Gasteiger partial charge on any atom is 0.244 e. The molecule has 2 aromatic carbocycles. The molecule has 1 N–H and O–H groups in total. The van der Waals surface area contributed by atoms with Crippen molar-refractivity contribution in [1.29, 1.82) is 0 Å². The van der Waals surface area contributed by atoms with Crippen molar-refractivity contribution in [2.45, 2.75) is 45.8 Å². The van der Waals surface area contributed by atoms with E-state index < -0.39 is 34.3 Å². The zero-order valence-electron chi connectivity index (χ0n) is 19.4. The number of hydrogen-bond acceptors (Lipinski definition) is 4. The van der Waals surface area contributed by atoms with Gasteiger partial charge in [-0.25, -0.2) is 12.8 Å². The van der Waals surface area contributed by atoms with Crippen LogP contribution >= 0.6 is 23.2 Å². The van der Waals surface area contributed by atoms with Crippen LogP contribution in [0, 0.1) is 5.82 Å². The number of sulfonamides is 1. The Morgan fingerprint density at radius 3 is 2.21 bits per heavy atom. The zero-order valence-corrected chi connectivity index (χ0v) is 21.7. The molecule has 0 saturated carbocycles. The van der Waals surface area contributed by atoms with Crippen LogP contribution in [0.25, 0.3) is 0 Å². The van der Waals surface area contributed by atoms with E-state index in [1.807, 2.05) is 0 Å². The average molecular weight is 532 g/mol. The third kappa shape index (κ3) is 7.58. The van der Waals surface area contributed by atoms with Crippen LogP contribution in [0.1, 0.15) is 32.8 Å². The highest BCUT2D eigenvalue weighted by molar-refractivity contribution is 7.92. The minimum absolute atomic E-state index is 0.0188. The van der Waals surface area contributed by atoms with E-state index in [4.69, 9.17) is 23.2 Å². The normalized spacial score (nSPS) is 12.4. The van der Waals surface area contributed by atoms with E-state index in [9.17, 15) is 22.4 Å². The predicted octanol–water partition coefficient (Wildman–Crippen LogP) is 4.23. The first kappa shape index (κ1) is 27.9. The number of amides is 2. The fourth-order valence-corrected chi connectivity index (χ4v) is 4.79. The number of benzene rings is 2. The summed E-state index contributed by atoms with van der Waals surface area (Å²) in [4.78, 5) is 27.7. The molecule has 0 radical (unpaired) electrons. The van der Waals surface area contributed by atoms with Crippen LogP contribution in [0.15, 0.2) is 42.5 Å². The van der Waals surface area contributed by atoms with Gasteiger partial charge in [0.1, 0.15) is 18.4 Å². The van der Waals surface area contributed by atoms with Crippen molar-refractivity contribution in [2.75, 3.05) is 17.1 Å². The van der Waals surface area contributed by atoms with E-state index >= 15 is 0 Å². The van der Waals surface area contributed by atoms with Crippen molar-refractivity contribution in [3.63, 3.8) is 0 Å². The van der Waals surface area contributed by atoms with E-state index in [1.54, 1.807) is 20.8 Å². The number of carbonyl (C=O) groups excluding carboxylic acids is 2. The Bertz CT molecular complexity index is 1130. The lowest BCUT2D eigenvalue weighted by Crippen LogP contribution is -2.53. The van der Waals surface area contributed by atoms with Gasteiger partial charge in [-0.1, -0.05) is 42.3 Å². The summed E-state index contributed by atoms with van der Waals surface area (Å²) >= 11 is 12.2. The molecule has 0 spiro atoms. The van der Waals surface area contributed by atoms with Crippen LogP contribution in [0.4, 0.5) is 10.1 Å². The van der Waals surface area contributed by atoms with Crippen molar-refractivity contribution in [1.82, 2.24) is 10.2 Å². The number of anilines is 1. The van der Waals surface area contributed by atoms with Crippen molar-refractivity contribution >= 4 is 50.7 Å². The molecule has 0 aliphatic rings. The third-order valence-electron chi connectivity index (χ3n) is 4.94. The maximum atomic E-state index is 13.5. The molecule has 0 heterocycles. The largest absolute Gasteiger partial charge is 0.352 e. The summed E-state index contributed by atoms with van der Waals surface area (Å²) in [5.41, 5.74) is 0.671. The number of carbonyl (C=O) groups is 2. The van der Waals surface area contributed by atoms with Crippen LogP contribution in [0.3, 0.4) is 0 Å². The summed E-state index contributed by atoms with van der Waals surface area (Å²) in [7, 11) is -3.92. The molecule has 1 unspecified atom stereocenters. The van der Waals surface area contributed by atoms with Gasteiger partial charge in [0.15, 0.2) is 0 Å². The summed E-state index contributed by atoms with van der Waals surface area (Å²) in [5, 5.41) is 3.16. The molecule has 0 aromatic heterocycles. The Morgan fingerprint density at radius 2 is 1.71 bits per heavy atom. The number of halogens is 3. The van der Waals surface area contributed by atoms with Gasteiger partial charge in [-0.2, -0.15) is 0 Å². The molecular weight excluding hydrogens is 504 g/mol. The van der Waals surface area contributed by atoms with Gasteiger partial charge >= 0.3 is 0 Å². The van der Waals surface area contributed by atoms with Crippen molar-refractivity contribution in [3.8, 4) is 0 Å². The molecule has 11 heteroatoms. The first-order valence-electron chi connectivity index (χ1n) is 10.6. The molecule has 0 bridgehead atoms. The Kier molecular flexibility index (Phi) is 9.73. The minimum atomic E-state index is -3.92. The molecule has 0 saturated heterocycles. The fourth-order valence-electron chi connectivity index (χ4n) is 3.37. The summed E-state index contributed by atoms with van der Waals surface area (Å²) in [6.07, 6.45) is 1.24. The number of hydrogen-bond donors (Lipinski definition) is 1. The second-order valence-corrected chi connectivity index (χ2v) is 10.9. The SMILES string of the molecule is CCC(C(=O)NC(C)C)N(Cc1ccc(F)cc1)C(=O)CN(c1ccc(Cl)cc1Cl)S(C)(=O)=O. The van der Waals surface area contributed by atoms with Gasteiger partial charge in [0.05, 0.1) is 17.0 Å². The lowest BCUT2D eigenvalue weighted by atomic mass is 10.1. The van der Waals surface area contributed by atoms with E-state index in [1.165, 1.54) is 47.4 Å². The second-order valence-electron chi connectivity index (χ2n) is 8.10. The first-order valence-corrected chi connectivity index (χ1v) is 13.2. The highest BCUT2D eigenvalue weighted by atomic mass is 35.5. The number of rotatable bonds is 10. The Balaban J connectivity index is 2.46. The summed E-state index contributed by atoms with van der Waals surface area (Å²) in [6.45, 7) is 4.73. The van der Waals surface area contributed by atoms with Gasteiger partial charge in [-0.15, -0.1) is 0 Å². The lowest BCUT2D eigenvalue weighted by Gasteiger charge is -2.33. The lowest BCUT2D eigenvalue weighted by molar-refractivity contribution is -0.140. The molecule has 2 aromatic rings. The Labute approximate surface area is 209 Å². The molecule has 186 valence electrons. The average Bonchev–Trinajstić information content (AvgIpc) is 2.72. The van der Waals surface area contributed by atoms with E-state index in [0.717, 1.165) is 10.6 Å². The topological polar surface area (TPSA) is 86.8 Å². The molecule has 0 aliphatic carbocycles. The smallest absolute Gasteiger partial charge is 0.244 e. The summed E-state index contributed by atoms with van der Waals surface area (Å²) < 4.78 is 39.4. The van der Waals surface area contributed by atoms with Gasteiger partial charge in [0.2, 0.25) is 21.8 Å². The van der Waals surface area contributed by atoms with Gasteiger partial charge in [-0.05, 0) is 56.2 Å². The molecule has 0 fully saturated rings. The molecule has 34 heavy (non-hydrogen) atoms. The van der Waals surface area contributed by atoms with Crippen LogP contribution in [0.5, 0.6) is 0 Å². The van der Waals surface area contributed by atoms with Crippen LogP contribution in [-0.4, -0.2) is 50.0 Å². The summed E-state index contributed by atoms with van der Waals surface area (Å²) in [6, 6.07) is 8.74. The van der Waals surface area contributed by atoms with Gasteiger partial charge in [0.25, 0.3) is 0 Å². The number of nitrogens with one attached hydrogen (secondary N) is 1. The molecule has 1 atom stereocenters. The van der Waals surface area contributed by atoms with Gasteiger partial charge in [-0.3, -0.25) is 13.9 Å².